The third-order valence-corrected chi connectivity index (χ3v) is 15.2. The Balaban J connectivity index is 0.000000127. The maximum absolute atomic E-state index is 8.13. The van der Waals surface area contributed by atoms with Crippen LogP contribution in [0.15, 0.2) is 223 Å². The molecule has 0 unspecified atom stereocenters. The van der Waals surface area contributed by atoms with Gasteiger partial charge < -0.3 is 18.8 Å². The fraction of sp³-hybridized carbons (Fsp3) is 0.0938. The van der Waals surface area contributed by atoms with E-state index in [0.717, 1.165) is 15.7 Å². The minimum Gasteiger partial charge on any atom is -0.523 e. The van der Waals surface area contributed by atoms with Gasteiger partial charge in [-0.1, -0.05) is 147 Å². The number of fused-ring (bicyclic) bond motifs is 12. The summed E-state index contributed by atoms with van der Waals surface area (Å²) in [5.41, 5.74) is 20.4. The highest BCUT2D eigenvalue weighted by Crippen LogP contribution is 2.53. The van der Waals surface area contributed by atoms with Gasteiger partial charge in [0.15, 0.2) is 5.88 Å². The zero-order valence-corrected chi connectivity index (χ0v) is 42.0. The quantitative estimate of drug-likeness (QED) is 0.175. The molecule has 0 aliphatic heterocycles. The number of rotatable bonds is 5. The van der Waals surface area contributed by atoms with Crippen LogP contribution in [0.1, 0.15) is 49.9 Å². The Morgan fingerprint density at radius 3 is 1.42 bits per heavy atom. The van der Waals surface area contributed by atoms with Crippen LogP contribution in [0.5, 0.6) is 5.88 Å². The minimum atomic E-state index is -0.0700. The number of nitrogens with zero attached hydrogens (tertiary/aromatic N) is 4. The summed E-state index contributed by atoms with van der Waals surface area (Å²) in [6.07, 6.45) is 3.45. The molecule has 0 atom stereocenters. The van der Waals surface area contributed by atoms with Crippen LogP contribution in [-0.2, 0) is 10.8 Å². The van der Waals surface area contributed by atoms with Crippen LogP contribution in [0.3, 0.4) is 0 Å². The predicted molar refractivity (Wildman–Crippen MR) is 300 cm³/mol. The summed E-state index contributed by atoms with van der Waals surface area (Å²) < 4.78 is 10.5. The van der Waals surface area contributed by atoms with E-state index >= 15 is 0 Å². The highest BCUT2D eigenvalue weighted by molar-refractivity contribution is 9.10. The molecule has 0 saturated heterocycles. The third-order valence-electron chi connectivity index (χ3n) is 14.7. The average molecular weight is 997 g/mol. The number of pyridine rings is 2. The van der Waals surface area contributed by atoms with Gasteiger partial charge in [-0.25, -0.2) is 4.98 Å². The van der Waals surface area contributed by atoms with Crippen LogP contribution in [-0.4, -0.2) is 31.8 Å². The number of hydrogen-bond acceptors (Lipinski definition) is 4. The Morgan fingerprint density at radius 2 is 0.903 bits per heavy atom. The highest BCUT2D eigenvalue weighted by Gasteiger charge is 2.38. The second kappa shape index (κ2) is 18.0. The van der Waals surface area contributed by atoms with E-state index < -0.39 is 0 Å². The standard InChI is InChI=1S/C32H24N2.C27H20BrN.C5H5BNO2/c1-32(2)27-16-15-21(29-13-8-9-17-33-29)18-24(27)25-19-26-23-12-6-7-14-30(23)34(31(26)20-28(25)32)22-10-4-3-5-11-22;1-27(2)23-13-12-17(28)14-20(23)21-15-22-19-10-6-7-11-25(19)29(26(22)16-24(21)27)18-8-4-3-5-9-18;8-6-9-5-3-1-2-4-7-5/h3-20H,1-2H3;3-16H,1-2H3;1-4,8H. The van der Waals surface area contributed by atoms with Gasteiger partial charge in [0.2, 0.25) is 0 Å². The van der Waals surface area contributed by atoms with Gasteiger partial charge in [-0.15, -0.1) is 0 Å². The van der Waals surface area contributed by atoms with Gasteiger partial charge in [-0.2, -0.15) is 0 Å². The molecule has 8 aromatic carbocycles. The molecule has 72 heavy (non-hydrogen) atoms. The monoisotopic (exact) mass is 995 g/mol. The molecule has 14 rings (SSSR count). The first kappa shape index (κ1) is 45.1. The number of aromatic nitrogens is 4. The van der Waals surface area contributed by atoms with Gasteiger partial charge >= 0.3 is 7.69 Å². The lowest BCUT2D eigenvalue weighted by atomic mass is 9.82. The lowest BCUT2D eigenvalue weighted by Gasteiger charge is -2.22. The van der Waals surface area contributed by atoms with E-state index in [2.05, 4.69) is 249 Å². The van der Waals surface area contributed by atoms with E-state index in [1.54, 1.807) is 24.4 Å². The Labute approximate surface area is 428 Å². The number of hydrogen-bond donors (Lipinski definition) is 1. The third kappa shape index (κ3) is 7.52. The Bertz CT molecular complexity index is 4000. The normalized spacial score (nSPS) is 13.4. The molecule has 0 spiro atoms. The van der Waals surface area contributed by atoms with Crippen LogP contribution in [0, 0.1) is 0 Å². The predicted octanol–water partition coefficient (Wildman–Crippen LogP) is 16.0. The molecule has 1 radical (unpaired) electrons. The van der Waals surface area contributed by atoms with Crippen molar-refractivity contribution in [3.63, 3.8) is 0 Å². The van der Waals surface area contributed by atoms with Crippen molar-refractivity contribution in [2.75, 3.05) is 0 Å². The van der Waals surface area contributed by atoms with Crippen molar-refractivity contribution in [3.05, 3.63) is 245 Å². The molecule has 347 valence electrons. The molecule has 0 saturated carbocycles. The van der Waals surface area contributed by atoms with Gasteiger partial charge in [0.05, 0.1) is 27.8 Å². The largest absolute Gasteiger partial charge is 0.570 e. The summed E-state index contributed by atoms with van der Waals surface area (Å²) in [5.74, 6) is 0.389. The minimum absolute atomic E-state index is 0.0163. The maximum Gasteiger partial charge on any atom is 0.570 e. The summed E-state index contributed by atoms with van der Waals surface area (Å²) in [4.78, 5) is 8.35. The van der Waals surface area contributed by atoms with E-state index in [4.69, 9.17) is 5.02 Å². The summed E-state index contributed by atoms with van der Waals surface area (Å²) in [6.45, 7) is 9.37. The fourth-order valence-corrected chi connectivity index (χ4v) is 11.6. The molecule has 12 aromatic rings. The molecule has 1 N–H and O–H groups in total. The molecule has 0 amide bonds. The van der Waals surface area contributed by atoms with E-state index in [9.17, 15) is 0 Å². The van der Waals surface area contributed by atoms with Crippen molar-refractivity contribution in [2.24, 2.45) is 0 Å². The molecule has 0 bridgehead atoms. The molecule has 8 heteroatoms. The maximum atomic E-state index is 8.13. The van der Waals surface area contributed by atoms with E-state index in [1.807, 2.05) is 12.3 Å². The molecule has 4 aromatic heterocycles. The molecular weight excluding hydrogens is 947 g/mol. The van der Waals surface area contributed by atoms with Crippen molar-refractivity contribution in [1.82, 2.24) is 19.1 Å². The Morgan fingerprint density at radius 1 is 0.431 bits per heavy atom. The van der Waals surface area contributed by atoms with Crippen LogP contribution in [0.2, 0.25) is 0 Å². The van der Waals surface area contributed by atoms with Crippen molar-refractivity contribution >= 4 is 67.2 Å². The molecule has 4 heterocycles. The first-order valence-electron chi connectivity index (χ1n) is 24.3. The van der Waals surface area contributed by atoms with E-state index in [-0.39, 0.29) is 10.8 Å². The van der Waals surface area contributed by atoms with Crippen molar-refractivity contribution in [3.8, 4) is 50.8 Å². The highest BCUT2D eigenvalue weighted by atomic mass is 79.9. The second-order valence-corrected chi connectivity index (χ2v) is 20.4. The molecule has 0 fully saturated rings. The zero-order chi connectivity index (χ0) is 49.1. The Hall–Kier alpha value is -8.04. The van der Waals surface area contributed by atoms with Crippen LogP contribution in [0.4, 0.5) is 0 Å². The van der Waals surface area contributed by atoms with Crippen molar-refractivity contribution < 1.29 is 9.68 Å². The van der Waals surface area contributed by atoms with Gasteiger partial charge in [-0.05, 0) is 148 Å². The summed E-state index contributed by atoms with van der Waals surface area (Å²) in [7, 11) is 0.600. The topological polar surface area (TPSA) is 65.1 Å². The number of halogens is 1. The van der Waals surface area contributed by atoms with Crippen LogP contribution in [0.25, 0.3) is 88.5 Å². The summed E-state index contributed by atoms with van der Waals surface area (Å²) in [6, 6.07) is 73.4. The van der Waals surface area contributed by atoms with Crippen molar-refractivity contribution in [1.29, 1.82) is 0 Å². The number of para-hydroxylation sites is 4. The first-order valence-corrected chi connectivity index (χ1v) is 25.1. The van der Waals surface area contributed by atoms with Gasteiger partial charge in [0, 0.05) is 66.2 Å². The Kier molecular flexibility index (Phi) is 11.3. The molecule has 2 aliphatic rings. The van der Waals surface area contributed by atoms with E-state index in [1.165, 1.54) is 99.5 Å². The SMILES string of the molecule is CC1(C)c2ccc(-c3ccccn3)cc2-c2cc3c4ccccc4n(-c4ccccc4)c3cc21.CC1(C)c2ccc(Br)cc2-c2cc3c4ccccc4n(-c4ccccc4)c3cc21.O[B]Oc1ccccn1. The van der Waals surface area contributed by atoms with Crippen LogP contribution >= 0.6 is 15.9 Å². The molecule has 6 nitrogen and oxygen atoms in total. The zero-order valence-electron chi connectivity index (χ0n) is 40.4. The number of benzene rings is 8. The summed E-state index contributed by atoms with van der Waals surface area (Å²) in [5, 5.41) is 13.3. The van der Waals surface area contributed by atoms with Gasteiger partial charge in [0.1, 0.15) is 0 Å². The van der Waals surface area contributed by atoms with Gasteiger partial charge in [0.25, 0.3) is 0 Å². The van der Waals surface area contributed by atoms with Gasteiger partial charge in [-0.3, -0.25) is 4.98 Å². The van der Waals surface area contributed by atoms with E-state index in [0.29, 0.717) is 13.6 Å². The molecule has 2 aliphatic carbocycles. The average Bonchev–Trinajstić information content (AvgIpc) is 4.06. The summed E-state index contributed by atoms with van der Waals surface area (Å²) >= 11 is 3.67. The smallest absolute Gasteiger partial charge is 0.523 e. The fourth-order valence-electron chi connectivity index (χ4n) is 11.3. The first-order chi connectivity index (χ1) is 35.1. The lowest BCUT2D eigenvalue weighted by Crippen LogP contribution is -2.15. The van der Waals surface area contributed by atoms with Crippen molar-refractivity contribution in [2.45, 2.75) is 38.5 Å². The molecular formula is C64H49BBrN4O2. The second-order valence-electron chi connectivity index (χ2n) is 19.5. The van der Waals surface area contributed by atoms with Crippen LogP contribution < -0.4 is 4.65 Å². The lowest BCUT2D eigenvalue weighted by molar-refractivity contribution is 0.443.